The van der Waals surface area contributed by atoms with Gasteiger partial charge in [0.05, 0.1) is 0 Å². The third kappa shape index (κ3) is 2.05. The monoisotopic (exact) mass is 186 g/mol. The molecule has 0 fully saturated rings. The van der Waals surface area contributed by atoms with E-state index < -0.39 is 0 Å². The maximum Gasteiger partial charge on any atom is 0.0353 e. The second kappa shape index (κ2) is 4.97. The molecular weight excluding hydrogens is 160 g/mol. The summed E-state index contributed by atoms with van der Waals surface area (Å²) in [5, 5.41) is 3.43. The summed E-state index contributed by atoms with van der Waals surface area (Å²) in [7, 11) is 2.03. The van der Waals surface area contributed by atoms with Crippen molar-refractivity contribution in [3.63, 3.8) is 0 Å². The Labute approximate surface area is 83.3 Å². The van der Waals surface area contributed by atoms with Crippen molar-refractivity contribution in [2.45, 2.75) is 64.5 Å². The number of nitrogens with two attached hydrogens (primary N) is 1. The van der Waals surface area contributed by atoms with E-state index in [1.165, 1.54) is 0 Å². The second-order valence-corrected chi connectivity index (χ2v) is 3.90. The van der Waals surface area contributed by atoms with E-state index in [0.717, 1.165) is 25.7 Å². The highest BCUT2D eigenvalue weighted by molar-refractivity contribution is 5.05. The van der Waals surface area contributed by atoms with Gasteiger partial charge in [0, 0.05) is 11.1 Å². The molecule has 0 aliphatic carbocycles. The summed E-state index contributed by atoms with van der Waals surface area (Å²) in [4.78, 5) is 0. The van der Waals surface area contributed by atoms with Crippen molar-refractivity contribution in [3.05, 3.63) is 0 Å². The van der Waals surface area contributed by atoms with E-state index in [9.17, 15) is 0 Å². The minimum absolute atomic E-state index is 0.0642. The standard InChI is InChI=1S/C11H26N2/c1-6-10(12,7-2)11(8-3,9-4)13-5/h13H,6-9,12H2,1-5H3. The summed E-state index contributed by atoms with van der Waals surface area (Å²) in [5.74, 6) is 0. The minimum Gasteiger partial charge on any atom is -0.324 e. The average Bonchev–Trinajstić information content (AvgIpc) is 2.20. The molecule has 0 aromatic rings. The van der Waals surface area contributed by atoms with Crippen LogP contribution in [0.25, 0.3) is 0 Å². The first-order valence-corrected chi connectivity index (χ1v) is 5.53. The van der Waals surface area contributed by atoms with Gasteiger partial charge < -0.3 is 11.1 Å². The highest BCUT2D eigenvalue weighted by atomic mass is 15.0. The van der Waals surface area contributed by atoms with Gasteiger partial charge in [-0.25, -0.2) is 0 Å². The van der Waals surface area contributed by atoms with Crippen molar-refractivity contribution in [2.75, 3.05) is 7.05 Å². The first-order valence-electron chi connectivity index (χ1n) is 5.53. The molecule has 0 atom stereocenters. The van der Waals surface area contributed by atoms with Crippen LogP contribution in [0.3, 0.4) is 0 Å². The van der Waals surface area contributed by atoms with Crippen LogP contribution in [-0.4, -0.2) is 18.1 Å². The number of hydrogen-bond acceptors (Lipinski definition) is 2. The fourth-order valence-corrected chi connectivity index (χ4v) is 2.48. The van der Waals surface area contributed by atoms with Crippen molar-refractivity contribution in [2.24, 2.45) is 5.73 Å². The fourth-order valence-electron chi connectivity index (χ4n) is 2.48. The van der Waals surface area contributed by atoms with E-state index >= 15 is 0 Å². The molecule has 2 nitrogen and oxygen atoms in total. The van der Waals surface area contributed by atoms with E-state index in [-0.39, 0.29) is 11.1 Å². The summed E-state index contributed by atoms with van der Waals surface area (Å²) >= 11 is 0. The Bertz CT molecular complexity index is 127. The van der Waals surface area contributed by atoms with Crippen molar-refractivity contribution in [1.29, 1.82) is 0 Å². The molecule has 0 aliphatic heterocycles. The number of likely N-dealkylation sites (N-methyl/N-ethyl adjacent to an activating group) is 1. The molecule has 0 aromatic carbocycles. The van der Waals surface area contributed by atoms with Gasteiger partial charge in [0.15, 0.2) is 0 Å². The molecule has 0 aliphatic rings. The summed E-state index contributed by atoms with van der Waals surface area (Å²) in [6, 6.07) is 0. The molecule has 13 heavy (non-hydrogen) atoms. The molecule has 3 N–H and O–H groups in total. The van der Waals surface area contributed by atoms with Crippen LogP contribution in [0, 0.1) is 0 Å². The Morgan fingerprint density at radius 1 is 0.923 bits per heavy atom. The molecular formula is C11H26N2. The molecule has 0 aromatic heterocycles. The van der Waals surface area contributed by atoms with Crippen LogP contribution < -0.4 is 11.1 Å². The molecule has 0 heterocycles. The lowest BCUT2D eigenvalue weighted by atomic mass is 9.70. The summed E-state index contributed by atoms with van der Waals surface area (Å²) in [6.45, 7) is 8.79. The molecule has 0 amide bonds. The van der Waals surface area contributed by atoms with Crippen molar-refractivity contribution in [3.8, 4) is 0 Å². The zero-order chi connectivity index (χ0) is 10.5. The highest BCUT2D eigenvalue weighted by Gasteiger charge is 2.42. The van der Waals surface area contributed by atoms with Gasteiger partial charge >= 0.3 is 0 Å². The van der Waals surface area contributed by atoms with Gasteiger partial charge in [-0.15, -0.1) is 0 Å². The quantitative estimate of drug-likeness (QED) is 0.668. The van der Waals surface area contributed by atoms with Gasteiger partial charge in [-0.05, 0) is 32.7 Å². The molecule has 0 saturated heterocycles. The van der Waals surface area contributed by atoms with E-state index in [2.05, 4.69) is 33.0 Å². The zero-order valence-corrected chi connectivity index (χ0v) is 9.91. The van der Waals surface area contributed by atoms with E-state index in [0.29, 0.717) is 0 Å². The van der Waals surface area contributed by atoms with Crippen LogP contribution in [0.15, 0.2) is 0 Å². The van der Waals surface area contributed by atoms with Crippen molar-refractivity contribution >= 4 is 0 Å². The Kier molecular flexibility index (Phi) is 4.93. The van der Waals surface area contributed by atoms with Gasteiger partial charge in [-0.2, -0.15) is 0 Å². The van der Waals surface area contributed by atoms with Crippen molar-refractivity contribution in [1.82, 2.24) is 5.32 Å². The summed E-state index contributed by atoms with van der Waals surface area (Å²) < 4.78 is 0. The van der Waals surface area contributed by atoms with Gasteiger partial charge in [0.1, 0.15) is 0 Å². The maximum absolute atomic E-state index is 6.44. The largest absolute Gasteiger partial charge is 0.324 e. The van der Waals surface area contributed by atoms with Crippen molar-refractivity contribution < 1.29 is 0 Å². The molecule has 0 bridgehead atoms. The molecule has 0 rings (SSSR count). The molecule has 80 valence electrons. The van der Waals surface area contributed by atoms with Gasteiger partial charge in [0.2, 0.25) is 0 Å². The highest BCUT2D eigenvalue weighted by Crippen LogP contribution is 2.32. The molecule has 0 unspecified atom stereocenters. The average molecular weight is 186 g/mol. The summed E-state index contributed by atoms with van der Waals surface area (Å²) in [6.07, 6.45) is 4.26. The predicted molar refractivity (Wildman–Crippen MR) is 59.9 cm³/mol. The number of rotatable bonds is 6. The number of hydrogen-bond donors (Lipinski definition) is 2. The fraction of sp³-hybridized carbons (Fsp3) is 1.00. The Morgan fingerprint density at radius 2 is 1.31 bits per heavy atom. The zero-order valence-electron chi connectivity index (χ0n) is 9.91. The topological polar surface area (TPSA) is 38.0 Å². The molecule has 2 heteroatoms. The first-order chi connectivity index (χ1) is 6.05. The first kappa shape index (κ1) is 12.9. The third-order valence-electron chi connectivity index (χ3n) is 3.90. The van der Waals surface area contributed by atoms with Crippen LogP contribution in [-0.2, 0) is 0 Å². The Balaban J connectivity index is 4.87. The van der Waals surface area contributed by atoms with Crippen LogP contribution in [0.4, 0.5) is 0 Å². The van der Waals surface area contributed by atoms with E-state index in [1.54, 1.807) is 0 Å². The second-order valence-electron chi connectivity index (χ2n) is 3.90. The molecule has 0 spiro atoms. The third-order valence-corrected chi connectivity index (χ3v) is 3.90. The Morgan fingerprint density at radius 3 is 1.38 bits per heavy atom. The number of nitrogens with one attached hydrogen (secondary N) is 1. The predicted octanol–water partition coefficient (Wildman–Crippen LogP) is 2.28. The SMILES string of the molecule is CCC(N)(CC)C(CC)(CC)NC. The smallest absolute Gasteiger partial charge is 0.0353 e. The van der Waals surface area contributed by atoms with Gasteiger partial charge in [0.25, 0.3) is 0 Å². The van der Waals surface area contributed by atoms with E-state index in [1.807, 2.05) is 7.05 Å². The normalized spacial score (nSPS) is 13.4. The summed E-state index contributed by atoms with van der Waals surface area (Å²) in [5.41, 5.74) is 6.49. The van der Waals surface area contributed by atoms with E-state index in [4.69, 9.17) is 5.73 Å². The minimum atomic E-state index is -0.0642. The lowest BCUT2D eigenvalue weighted by Gasteiger charge is -2.47. The van der Waals surface area contributed by atoms with Crippen LogP contribution in [0.2, 0.25) is 0 Å². The molecule has 0 saturated carbocycles. The maximum atomic E-state index is 6.44. The lowest BCUT2D eigenvalue weighted by Crippen LogP contribution is -2.65. The molecule has 0 radical (unpaired) electrons. The van der Waals surface area contributed by atoms with Crippen LogP contribution in [0.5, 0.6) is 0 Å². The van der Waals surface area contributed by atoms with Gasteiger partial charge in [-0.3, -0.25) is 0 Å². The van der Waals surface area contributed by atoms with Crippen LogP contribution >= 0.6 is 0 Å². The lowest BCUT2D eigenvalue weighted by molar-refractivity contribution is 0.151. The van der Waals surface area contributed by atoms with Crippen LogP contribution in [0.1, 0.15) is 53.4 Å². The van der Waals surface area contributed by atoms with Gasteiger partial charge in [-0.1, -0.05) is 27.7 Å². The Hall–Kier alpha value is -0.0800.